The Hall–Kier alpha value is -0.570. The number of carbonyl (C=O) groups is 1. The zero-order valence-electron chi connectivity index (χ0n) is 12.1. The van der Waals surface area contributed by atoms with Crippen molar-refractivity contribution in [1.82, 2.24) is 5.32 Å². The summed E-state index contributed by atoms with van der Waals surface area (Å²) in [4.78, 5) is 11.3. The number of amides is 1. The van der Waals surface area contributed by atoms with Crippen LogP contribution < -0.4 is 5.32 Å². The lowest BCUT2D eigenvalue weighted by molar-refractivity contribution is -0.123. The van der Waals surface area contributed by atoms with Gasteiger partial charge in [-0.1, -0.05) is 26.7 Å². The number of unbranched alkanes of at least 4 members (excludes halogenated alkanes) is 3. The molecule has 0 bridgehead atoms. The molecule has 0 saturated heterocycles. The number of hydrogen-bond donors (Lipinski definition) is 1. The number of rotatable bonds is 8. The van der Waals surface area contributed by atoms with Gasteiger partial charge in [-0.15, -0.1) is 0 Å². The van der Waals surface area contributed by atoms with Gasteiger partial charge in [0.2, 0.25) is 5.91 Å². The summed E-state index contributed by atoms with van der Waals surface area (Å²) in [7, 11) is 0. The quantitative estimate of drug-likeness (QED) is 0.665. The molecule has 0 aromatic rings. The lowest BCUT2D eigenvalue weighted by Gasteiger charge is -2.19. The van der Waals surface area contributed by atoms with Gasteiger partial charge < -0.3 is 10.1 Å². The van der Waals surface area contributed by atoms with Crippen molar-refractivity contribution in [3.8, 4) is 0 Å². The summed E-state index contributed by atoms with van der Waals surface area (Å²) in [6, 6.07) is 0. The number of hydrogen-bond acceptors (Lipinski definition) is 2. The van der Waals surface area contributed by atoms with Crippen molar-refractivity contribution in [3.05, 3.63) is 0 Å². The van der Waals surface area contributed by atoms with E-state index in [0.717, 1.165) is 32.4 Å². The van der Waals surface area contributed by atoms with Crippen molar-refractivity contribution in [2.75, 3.05) is 13.2 Å². The first kappa shape index (κ1) is 16.4. The summed E-state index contributed by atoms with van der Waals surface area (Å²) in [5, 5.41) is 2.93. The van der Waals surface area contributed by atoms with Gasteiger partial charge in [0, 0.05) is 19.1 Å². The average molecular weight is 243 g/mol. The minimum Gasteiger partial charge on any atom is -0.376 e. The first-order valence-electron chi connectivity index (χ1n) is 6.74. The lowest BCUT2D eigenvalue weighted by atomic mass is 10.1. The second kappa shape index (κ2) is 8.51. The Morgan fingerprint density at radius 1 is 1.12 bits per heavy atom. The van der Waals surface area contributed by atoms with Crippen LogP contribution in [0, 0.1) is 5.92 Å². The van der Waals surface area contributed by atoms with Crippen LogP contribution in [0.15, 0.2) is 0 Å². The smallest absolute Gasteiger partial charge is 0.222 e. The van der Waals surface area contributed by atoms with Gasteiger partial charge in [-0.3, -0.25) is 4.79 Å². The topological polar surface area (TPSA) is 38.3 Å². The van der Waals surface area contributed by atoms with Gasteiger partial charge >= 0.3 is 0 Å². The summed E-state index contributed by atoms with van der Waals surface area (Å²) >= 11 is 0. The first-order valence-corrected chi connectivity index (χ1v) is 6.74. The highest BCUT2D eigenvalue weighted by Crippen LogP contribution is 2.08. The van der Waals surface area contributed by atoms with Crippen LogP contribution in [-0.2, 0) is 9.53 Å². The van der Waals surface area contributed by atoms with Crippen LogP contribution >= 0.6 is 0 Å². The maximum atomic E-state index is 11.3. The minimum atomic E-state index is -0.0226. The van der Waals surface area contributed by atoms with Crippen molar-refractivity contribution < 1.29 is 9.53 Å². The molecule has 0 spiro atoms. The van der Waals surface area contributed by atoms with Crippen LogP contribution in [0.4, 0.5) is 0 Å². The largest absolute Gasteiger partial charge is 0.376 e. The number of nitrogens with one attached hydrogen (secondary N) is 1. The van der Waals surface area contributed by atoms with E-state index in [1.165, 1.54) is 6.42 Å². The van der Waals surface area contributed by atoms with E-state index >= 15 is 0 Å². The molecular formula is C14H29NO2. The van der Waals surface area contributed by atoms with Gasteiger partial charge in [0.05, 0.1) is 5.60 Å². The molecule has 0 radical (unpaired) electrons. The number of ether oxygens (including phenoxy) is 1. The summed E-state index contributed by atoms with van der Waals surface area (Å²) < 4.78 is 5.64. The molecule has 0 saturated carbocycles. The summed E-state index contributed by atoms with van der Waals surface area (Å²) in [6.45, 7) is 11.7. The van der Waals surface area contributed by atoms with E-state index in [1.54, 1.807) is 0 Å². The average Bonchev–Trinajstić information content (AvgIpc) is 2.19. The van der Waals surface area contributed by atoms with E-state index in [9.17, 15) is 4.79 Å². The predicted molar refractivity (Wildman–Crippen MR) is 72.0 cm³/mol. The highest BCUT2D eigenvalue weighted by Gasteiger charge is 2.08. The first-order chi connectivity index (χ1) is 7.83. The Bertz CT molecular complexity index is 207. The summed E-state index contributed by atoms with van der Waals surface area (Å²) in [6.07, 6.45) is 4.50. The molecule has 3 nitrogen and oxygen atoms in total. The molecule has 0 aliphatic rings. The fourth-order valence-electron chi connectivity index (χ4n) is 1.37. The Kier molecular flexibility index (Phi) is 8.23. The monoisotopic (exact) mass is 243 g/mol. The predicted octanol–water partition coefficient (Wildman–Crippen LogP) is 3.13. The van der Waals surface area contributed by atoms with Crippen LogP contribution in [0.1, 0.15) is 60.3 Å². The van der Waals surface area contributed by atoms with Crippen molar-refractivity contribution in [3.63, 3.8) is 0 Å². The van der Waals surface area contributed by atoms with Gasteiger partial charge in [-0.2, -0.15) is 0 Å². The SMILES string of the molecule is CC(C)C(=O)NCCCCCCOC(C)(C)C. The van der Waals surface area contributed by atoms with E-state index < -0.39 is 0 Å². The van der Waals surface area contributed by atoms with E-state index in [4.69, 9.17) is 4.74 Å². The Labute approximate surface area is 106 Å². The van der Waals surface area contributed by atoms with E-state index in [-0.39, 0.29) is 17.4 Å². The molecule has 0 aromatic heterocycles. The second-order valence-corrected chi connectivity index (χ2v) is 5.82. The summed E-state index contributed by atoms with van der Waals surface area (Å²) in [5.41, 5.74) is -0.0226. The molecule has 0 unspecified atom stereocenters. The Balaban J connectivity index is 3.22. The zero-order chi connectivity index (χ0) is 13.3. The second-order valence-electron chi connectivity index (χ2n) is 5.82. The van der Waals surface area contributed by atoms with Crippen LogP contribution in [0.5, 0.6) is 0 Å². The summed E-state index contributed by atoms with van der Waals surface area (Å²) in [5.74, 6) is 0.247. The van der Waals surface area contributed by atoms with Crippen LogP contribution in [0.2, 0.25) is 0 Å². The molecule has 3 heteroatoms. The zero-order valence-corrected chi connectivity index (χ0v) is 12.1. The van der Waals surface area contributed by atoms with E-state index in [0.29, 0.717) is 0 Å². The van der Waals surface area contributed by atoms with Crippen molar-refractivity contribution >= 4 is 5.91 Å². The van der Waals surface area contributed by atoms with Crippen molar-refractivity contribution in [1.29, 1.82) is 0 Å². The van der Waals surface area contributed by atoms with Crippen LogP contribution in [0.3, 0.4) is 0 Å². The maximum absolute atomic E-state index is 11.3. The molecule has 17 heavy (non-hydrogen) atoms. The van der Waals surface area contributed by atoms with Gasteiger partial charge in [-0.25, -0.2) is 0 Å². The molecule has 0 aromatic carbocycles. The normalized spacial score (nSPS) is 11.9. The van der Waals surface area contributed by atoms with Crippen LogP contribution in [0.25, 0.3) is 0 Å². The van der Waals surface area contributed by atoms with Gasteiger partial charge in [-0.05, 0) is 33.6 Å². The van der Waals surface area contributed by atoms with E-state index in [2.05, 4.69) is 26.1 Å². The highest BCUT2D eigenvalue weighted by molar-refractivity contribution is 5.77. The Morgan fingerprint density at radius 2 is 1.71 bits per heavy atom. The third-order valence-corrected chi connectivity index (χ3v) is 2.43. The van der Waals surface area contributed by atoms with Crippen molar-refractivity contribution in [2.24, 2.45) is 5.92 Å². The van der Waals surface area contributed by atoms with Crippen LogP contribution in [-0.4, -0.2) is 24.7 Å². The molecule has 1 N–H and O–H groups in total. The fraction of sp³-hybridized carbons (Fsp3) is 0.929. The molecular weight excluding hydrogens is 214 g/mol. The van der Waals surface area contributed by atoms with E-state index in [1.807, 2.05) is 13.8 Å². The molecule has 0 fully saturated rings. The molecule has 0 atom stereocenters. The minimum absolute atomic E-state index is 0.0226. The molecule has 102 valence electrons. The lowest BCUT2D eigenvalue weighted by Crippen LogP contribution is -2.28. The molecule has 0 rings (SSSR count). The fourth-order valence-corrected chi connectivity index (χ4v) is 1.37. The van der Waals surface area contributed by atoms with Gasteiger partial charge in [0.25, 0.3) is 0 Å². The standard InChI is InChI=1S/C14H29NO2/c1-12(2)13(16)15-10-8-6-7-9-11-17-14(3,4)5/h12H,6-11H2,1-5H3,(H,15,16). The Morgan fingerprint density at radius 3 is 2.24 bits per heavy atom. The highest BCUT2D eigenvalue weighted by atomic mass is 16.5. The molecule has 1 amide bonds. The molecule has 0 aliphatic heterocycles. The molecule has 0 heterocycles. The van der Waals surface area contributed by atoms with Gasteiger partial charge in [0.1, 0.15) is 0 Å². The molecule has 0 aliphatic carbocycles. The maximum Gasteiger partial charge on any atom is 0.222 e. The van der Waals surface area contributed by atoms with Gasteiger partial charge in [0.15, 0.2) is 0 Å². The third kappa shape index (κ3) is 11.7. The third-order valence-electron chi connectivity index (χ3n) is 2.43. The number of carbonyl (C=O) groups excluding carboxylic acids is 1. The van der Waals surface area contributed by atoms with Crippen molar-refractivity contribution in [2.45, 2.75) is 65.9 Å².